The number of nitrogens with one attached hydrogen (secondary N) is 1. The lowest BCUT2D eigenvalue weighted by molar-refractivity contribution is -0.385. The van der Waals surface area contributed by atoms with E-state index in [2.05, 4.69) is 5.32 Å². The second-order valence-corrected chi connectivity index (χ2v) is 4.98. The summed E-state index contributed by atoms with van der Waals surface area (Å²) in [4.78, 5) is 22.3. The maximum atomic E-state index is 14.0. The van der Waals surface area contributed by atoms with Crippen LogP contribution in [-0.4, -0.2) is 28.1 Å². The Morgan fingerprint density at radius 1 is 1.43 bits per heavy atom. The van der Waals surface area contributed by atoms with Crippen molar-refractivity contribution in [1.29, 1.82) is 0 Å². The first kappa shape index (κ1) is 17.0. The molecule has 0 aliphatic rings. The van der Waals surface area contributed by atoms with Crippen molar-refractivity contribution in [3.8, 4) is 0 Å². The molecule has 1 aromatic carbocycles. The van der Waals surface area contributed by atoms with Gasteiger partial charge in [0.1, 0.15) is 5.82 Å². The van der Waals surface area contributed by atoms with Crippen molar-refractivity contribution in [3.63, 3.8) is 0 Å². The summed E-state index contributed by atoms with van der Waals surface area (Å²) in [6.07, 6.45) is 0.919. The van der Waals surface area contributed by atoms with E-state index in [0.717, 1.165) is 12.1 Å². The summed E-state index contributed by atoms with van der Waals surface area (Å²) in [5.74, 6) is -1.56. The van der Waals surface area contributed by atoms with Gasteiger partial charge in [-0.05, 0) is 25.3 Å². The highest BCUT2D eigenvalue weighted by Crippen LogP contribution is 2.22. The lowest BCUT2D eigenvalue weighted by Crippen LogP contribution is -2.50. The summed E-state index contributed by atoms with van der Waals surface area (Å²) in [6, 6.07) is 1.98. The molecule has 21 heavy (non-hydrogen) atoms. The Kier molecular flexibility index (Phi) is 5.37. The monoisotopic (exact) mass is 298 g/mol. The first-order valence-corrected chi connectivity index (χ1v) is 6.68. The van der Waals surface area contributed by atoms with Crippen LogP contribution in [0.2, 0.25) is 0 Å². The predicted molar refractivity (Wildman–Crippen MR) is 75.7 cm³/mol. The number of nitro benzene ring substituents is 1. The summed E-state index contributed by atoms with van der Waals surface area (Å²) in [7, 11) is 0. The first-order chi connectivity index (χ1) is 9.80. The van der Waals surface area contributed by atoms with Gasteiger partial charge in [-0.25, -0.2) is 4.39 Å². The molecule has 0 aliphatic carbocycles. The number of nitro groups is 1. The molecule has 0 aliphatic heterocycles. The van der Waals surface area contributed by atoms with Crippen LogP contribution in [0.25, 0.3) is 0 Å². The minimum absolute atomic E-state index is 0.0249. The molecule has 116 valence electrons. The van der Waals surface area contributed by atoms with E-state index < -0.39 is 22.2 Å². The molecule has 6 nitrogen and oxygen atoms in total. The smallest absolute Gasteiger partial charge is 0.270 e. The summed E-state index contributed by atoms with van der Waals surface area (Å²) in [6.45, 7) is 4.64. The molecule has 0 unspecified atom stereocenters. The number of hydrogen-bond acceptors (Lipinski definition) is 4. The van der Waals surface area contributed by atoms with Crippen molar-refractivity contribution in [2.24, 2.45) is 0 Å². The lowest BCUT2D eigenvalue weighted by Gasteiger charge is -2.30. The Morgan fingerprint density at radius 2 is 2.00 bits per heavy atom. The van der Waals surface area contributed by atoms with E-state index in [9.17, 15) is 24.4 Å². The zero-order valence-electron chi connectivity index (χ0n) is 12.3. The number of rotatable bonds is 6. The third kappa shape index (κ3) is 3.55. The largest absolute Gasteiger partial charge is 0.394 e. The van der Waals surface area contributed by atoms with Gasteiger partial charge in [0.25, 0.3) is 11.6 Å². The highest BCUT2D eigenvalue weighted by molar-refractivity contribution is 5.95. The molecule has 1 rings (SSSR count). The molecular weight excluding hydrogens is 279 g/mol. The normalized spacial score (nSPS) is 11.3. The van der Waals surface area contributed by atoms with Gasteiger partial charge in [-0.2, -0.15) is 0 Å². The number of amides is 1. The van der Waals surface area contributed by atoms with Crippen molar-refractivity contribution in [1.82, 2.24) is 5.32 Å². The number of carbonyl (C=O) groups is 1. The number of benzene rings is 1. The van der Waals surface area contributed by atoms with E-state index in [1.165, 1.54) is 6.92 Å². The van der Waals surface area contributed by atoms with E-state index in [1.54, 1.807) is 13.8 Å². The second kappa shape index (κ2) is 6.62. The van der Waals surface area contributed by atoms with Crippen molar-refractivity contribution in [2.75, 3.05) is 6.61 Å². The van der Waals surface area contributed by atoms with Crippen molar-refractivity contribution in [3.05, 3.63) is 39.2 Å². The molecule has 1 aromatic rings. The Bertz CT molecular complexity index is 548. The van der Waals surface area contributed by atoms with Gasteiger partial charge in [-0.15, -0.1) is 0 Å². The molecule has 0 fully saturated rings. The SMILES string of the molecule is CCC(CC)(CO)NC(=O)c1cc([N+](=O)[O-])cc(C)c1F. The average Bonchev–Trinajstić information content (AvgIpc) is 2.47. The fourth-order valence-electron chi connectivity index (χ4n) is 2.02. The number of hydrogen-bond donors (Lipinski definition) is 2. The number of nitrogens with zero attached hydrogens (tertiary/aromatic N) is 1. The average molecular weight is 298 g/mol. The van der Waals surface area contributed by atoms with Gasteiger partial charge in [0.15, 0.2) is 0 Å². The Labute approximate surface area is 122 Å². The van der Waals surface area contributed by atoms with Gasteiger partial charge in [-0.1, -0.05) is 13.8 Å². The van der Waals surface area contributed by atoms with Crippen LogP contribution in [-0.2, 0) is 0 Å². The number of non-ortho nitro benzene ring substituents is 1. The standard InChI is InChI=1S/C14H19FN2O4/c1-4-14(5-2,8-18)16-13(19)11-7-10(17(20)21)6-9(3)12(11)15/h6-7,18H,4-5,8H2,1-3H3,(H,16,19). The third-order valence-electron chi connectivity index (χ3n) is 3.73. The molecule has 0 aromatic heterocycles. The number of aliphatic hydroxyl groups is 1. The van der Waals surface area contributed by atoms with Crippen LogP contribution in [0.15, 0.2) is 12.1 Å². The van der Waals surface area contributed by atoms with E-state index in [4.69, 9.17) is 0 Å². The fourth-order valence-corrected chi connectivity index (χ4v) is 2.02. The Hall–Kier alpha value is -2.02. The van der Waals surface area contributed by atoms with Crippen LogP contribution in [0, 0.1) is 22.9 Å². The highest BCUT2D eigenvalue weighted by atomic mass is 19.1. The molecule has 0 saturated heterocycles. The van der Waals surface area contributed by atoms with Crippen LogP contribution in [0.5, 0.6) is 0 Å². The number of carbonyl (C=O) groups excluding carboxylic acids is 1. The molecule has 0 spiro atoms. The van der Waals surface area contributed by atoms with Crippen LogP contribution >= 0.6 is 0 Å². The van der Waals surface area contributed by atoms with Crippen molar-refractivity contribution < 1.29 is 19.2 Å². The van der Waals surface area contributed by atoms with Crippen LogP contribution in [0.1, 0.15) is 42.6 Å². The molecule has 0 saturated carbocycles. The quantitative estimate of drug-likeness (QED) is 0.622. The Balaban J connectivity index is 3.21. The second-order valence-electron chi connectivity index (χ2n) is 4.98. The van der Waals surface area contributed by atoms with Gasteiger partial charge in [-0.3, -0.25) is 14.9 Å². The number of halogens is 1. The molecule has 0 atom stereocenters. The van der Waals surface area contributed by atoms with Crippen molar-refractivity contribution >= 4 is 11.6 Å². The minimum atomic E-state index is -0.859. The first-order valence-electron chi connectivity index (χ1n) is 6.68. The van der Waals surface area contributed by atoms with Gasteiger partial charge in [0.05, 0.1) is 22.6 Å². The predicted octanol–water partition coefficient (Wildman–Crippen LogP) is 2.32. The summed E-state index contributed by atoms with van der Waals surface area (Å²) >= 11 is 0. The maximum Gasteiger partial charge on any atom is 0.270 e. The molecule has 7 heteroatoms. The van der Waals surface area contributed by atoms with Crippen LogP contribution in [0.3, 0.4) is 0 Å². The zero-order valence-corrected chi connectivity index (χ0v) is 12.3. The minimum Gasteiger partial charge on any atom is -0.394 e. The van der Waals surface area contributed by atoms with E-state index in [1.807, 2.05) is 0 Å². The third-order valence-corrected chi connectivity index (χ3v) is 3.73. The lowest BCUT2D eigenvalue weighted by atomic mass is 9.93. The molecule has 1 amide bonds. The van der Waals surface area contributed by atoms with E-state index in [0.29, 0.717) is 12.8 Å². The molecular formula is C14H19FN2O4. The zero-order chi connectivity index (χ0) is 16.2. The molecule has 0 heterocycles. The Morgan fingerprint density at radius 3 is 2.43 bits per heavy atom. The van der Waals surface area contributed by atoms with Crippen LogP contribution in [0.4, 0.5) is 10.1 Å². The van der Waals surface area contributed by atoms with Crippen LogP contribution < -0.4 is 5.32 Å². The van der Waals surface area contributed by atoms with Crippen molar-refractivity contribution in [2.45, 2.75) is 39.2 Å². The van der Waals surface area contributed by atoms with Gasteiger partial charge in [0, 0.05) is 12.1 Å². The number of aryl methyl sites for hydroxylation is 1. The van der Waals surface area contributed by atoms with Gasteiger partial charge < -0.3 is 10.4 Å². The summed E-state index contributed by atoms with van der Waals surface area (Å²) < 4.78 is 14.0. The summed E-state index contributed by atoms with van der Waals surface area (Å²) in [5, 5.41) is 22.8. The fraction of sp³-hybridized carbons (Fsp3) is 0.500. The topological polar surface area (TPSA) is 92.5 Å². The maximum absolute atomic E-state index is 14.0. The van der Waals surface area contributed by atoms with Gasteiger partial charge in [0.2, 0.25) is 0 Å². The van der Waals surface area contributed by atoms with E-state index in [-0.39, 0.29) is 23.4 Å². The van der Waals surface area contributed by atoms with E-state index >= 15 is 0 Å². The molecule has 0 bridgehead atoms. The molecule has 2 N–H and O–H groups in total. The number of aliphatic hydroxyl groups excluding tert-OH is 1. The van der Waals surface area contributed by atoms with Gasteiger partial charge >= 0.3 is 0 Å². The highest BCUT2D eigenvalue weighted by Gasteiger charge is 2.29. The molecule has 0 radical (unpaired) electrons. The summed E-state index contributed by atoms with van der Waals surface area (Å²) in [5.41, 5.74) is -1.57.